The van der Waals surface area contributed by atoms with E-state index in [0.717, 1.165) is 44.9 Å². The van der Waals surface area contributed by atoms with E-state index in [-0.39, 0.29) is 35.4 Å². The van der Waals surface area contributed by atoms with Crippen molar-refractivity contribution in [1.82, 2.24) is 0 Å². The molecule has 28 heavy (non-hydrogen) atoms. The van der Waals surface area contributed by atoms with Crippen molar-refractivity contribution < 1.29 is 24.5 Å². The lowest BCUT2D eigenvalue weighted by atomic mass is 9.47. The van der Waals surface area contributed by atoms with E-state index in [2.05, 4.69) is 13.0 Å². The van der Waals surface area contributed by atoms with E-state index in [1.165, 1.54) is 18.9 Å². The van der Waals surface area contributed by atoms with Gasteiger partial charge in [-0.15, -0.1) is 0 Å². The third kappa shape index (κ3) is 2.51. The molecule has 8 atom stereocenters. The van der Waals surface area contributed by atoms with Gasteiger partial charge in [0.1, 0.15) is 6.61 Å². The maximum absolute atomic E-state index is 11.3. The summed E-state index contributed by atoms with van der Waals surface area (Å²) in [5.41, 5.74) is 1.76. The summed E-state index contributed by atoms with van der Waals surface area (Å²) in [6, 6.07) is 0. The van der Waals surface area contributed by atoms with E-state index >= 15 is 0 Å². The first kappa shape index (κ1) is 19.1. The molecule has 0 bridgehead atoms. The second-order valence-corrected chi connectivity index (χ2v) is 10.5. The monoisotopic (exact) mass is 390 g/mol. The molecule has 5 aliphatic rings. The Morgan fingerprint density at radius 2 is 2.07 bits per heavy atom. The smallest absolute Gasteiger partial charge is 0.302 e. The number of aliphatic hydroxyl groups is 2. The van der Waals surface area contributed by atoms with Crippen LogP contribution >= 0.6 is 0 Å². The fourth-order valence-electron chi connectivity index (χ4n) is 8.11. The van der Waals surface area contributed by atoms with Gasteiger partial charge in [0, 0.05) is 18.3 Å². The first-order valence-corrected chi connectivity index (χ1v) is 11.2. The van der Waals surface area contributed by atoms with E-state index in [9.17, 15) is 15.0 Å². The van der Waals surface area contributed by atoms with Crippen molar-refractivity contribution >= 4 is 5.97 Å². The molecule has 1 aliphatic heterocycles. The Morgan fingerprint density at radius 3 is 2.86 bits per heavy atom. The van der Waals surface area contributed by atoms with Crippen LogP contribution in [0.1, 0.15) is 65.2 Å². The zero-order chi connectivity index (χ0) is 19.7. The summed E-state index contributed by atoms with van der Waals surface area (Å²) in [4.78, 5) is 11.3. The summed E-state index contributed by atoms with van der Waals surface area (Å²) in [5, 5.41) is 21.3. The van der Waals surface area contributed by atoms with Crippen molar-refractivity contribution in [3.63, 3.8) is 0 Å². The van der Waals surface area contributed by atoms with Gasteiger partial charge >= 0.3 is 5.97 Å². The molecule has 0 amide bonds. The third-order valence-electron chi connectivity index (χ3n) is 9.41. The topological polar surface area (TPSA) is 76.0 Å². The highest BCUT2D eigenvalue weighted by Gasteiger charge is 2.68. The molecule has 0 aromatic carbocycles. The van der Waals surface area contributed by atoms with E-state index in [1.54, 1.807) is 0 Å². The van der Waals surface area contributed by atoms with E-state index in [0.29, 0.717) is 24.4 Å². The van der Waals surface area contributed by atoms with Gasteiger partial charge < -0.3 is 19.7 Å². The molecule has 0 radical (unpaired) electrons. The van der Waals surface area contributed by atoms with Gasteiger partial charge in [-0.2, -0.15) is 0 Å². The van der Waals surface area contributed by atoms with Crippen molar-refractivity contribution in [3.05, 3.63) is 11.6 Å². The maximum Gasteiger partial charge on any atom is 0.302 e. The lowest BCUT2D eigenvalue weighted by molar-refractivity contribution is -0.225. The van der Waals surface area contributed by atoms with Crippen molar-refractivity contribution in [3.8, 4) is 0 Å². The molecule has 8 unspecified atom stereocenters. The van der Waals surface area contributed by atoms with Gasteiger partial charge in [-0.3, -0.25) is 4.79 Å². The molecule has 5 heteroatoms. The number of allylic oxidation sites excluding steroid dienone is 1. The molecule has 156 valence electrons. The van der Waals surface area contributed by atoms with Crippen LogP contribution in [0.5, 0.6) is 0 Å². The number of hydrogen-bond acceptors (Lipinski definition) is 5. The third-order valence-corrected chi connectivity index (χ3v) is 9.41. The van der Waals surface area contributed by atoms with Crippen LogP contribution in [0.4, 0.5) is 0 Å². The lowest BCUT2D eigenvalue weighted by Gasteiger charge is -2.57. The molecule has 0 aromatic rings. The summed E-state index contributed by atoms with van der Waals surface area (Å²) in [5.74, 6) is 0.273. The normalized spacial score (nSPS) is 52.1. The van der Waals surface area contributed by atoms with Crippen LogP contribution < -0.4 is 0 Å². The highest BCUT2D eigenvalue weighted by atomic mass is 16.7. The molecule has 2 N–H and O–H groups in total. The van der Waals surface area contributed by atoms with Gasteiger partial charge in [0.25, 0.3) is 0 Å². The molecule has 0 aromatic heterocycles. The van der Waals surface area contributed by atoms with E-state index < -0.39 is 5.79 Å². The van der Waals surface area contributed by atoms with Crippen LogP contribution in [0.3, 0.4) is 0 Å². The molecular weight excluding hydrogens is 356 g/mol. The summed E-state index contributed by atoms with van der Waals surface area (Å²) in [6.45, 7) is 4.36. The van der Waals surface area contributed by atoms with Crippen molar-refractivity contribution in [2.24, 2.45) is 34.5 Å². The number of carbonyl (C=O) groups excluding carboxylic acids is 1. The molecule has 5 rings (SSSR count). The molecule has 5 nitrogen and oxygen atoms in total. The maximum atomic E-state index is 11.3. The van der Waals surface area contributed by atoms with Gasteiger partial charge in [0.15, 0.2) is 0 Å². The van der Waals surface area contributed by atoms with Crippen molar-refractivity contribution in [2.45, 2.75) is 77.1 Å². The zero-order valence-electron chi connectivity index (χ0n) is 17.2. The lowest BCUT2D eigenvalue weighted by Crippen LogP contribution is -2.52. The minimum absolute atomic E-state index is 0.0337. The first-order chi connectivity index (χ1) is 13.3. The van der Waals surface area contributed by atoms with E-state index in [1.807, 2.05) is 0 Å². The minimum Gasteiger partial charge on any atom is -0.460 e. The predicted octanol–water partition coefficient (Wildman–Crippen LogP) is 3.19. The molecule has 1 spiro atoms. The molecule has 3 saturated carbocycles. The van der Waals surface area contributed by atoms with Crippen LogP contribution in [0.25, 0.3) is 0 Å². The number of carbonyl (C=O) groups is 1. The quantitative estimate of drug-likeness (QED) is 0.559. The highest BCUT2D eigenvalue weighted by molar-refractivity contribution is 5.65. The summed E-state index contributed by atoms with van der Waals surface area (Å²) in [6.07, 6.45) is 10.6. The van der Waals surface area contributed by atoms with Crippen LogP contribution in [-0.4, -0.2) is 41.3 Å². The Labute approximate surface area is 167 Å². The Morgan fingerprint density at radius 1 is 1.25 bits per heavy atom. The number of ether oxygens (including phenoxy) is 2. The Kier molecular flexibility index (Phi) is 4.29. The Hall–Kier alpha value is -0.910. The second-order valence-electron chi connectivity index (χ2n) is 10.5. The summed E-state index contributed by atoms with van der Waals surface area (Å²) < 4.78 is 11.1. The summed E-state index contributed by atoms with van der Waals surface area (Å²) in [7, 11) is 0. The van der Waals surface area contributed by atoms with Gasteiger partial charge in [0.2, 0.25) is 5.79 Å². The number of esters is 1. The van der Waals surface area contributed by atoms with Crippen molar-refractivity contribution in [1.29, 1.82) is 0 Å². The highest BCUT2D eigenvalue weighted by Crippen LogP contribution is 2.69. The molecule has 1 saturated heterocycles. The van der Waals surface area contributed by atoms with Crippen LogP contribution in [0.2, 0.25) is 0 Å². The Balaban J connectivity index is 1.42. The number of rotatable bonds is 2. The number of hydrogen-bond donors (Lipinski definition) is 2. The van der Waals surface area contributed by atoms with Crippen LogP contribution in [-0.2, 0) is 14.3 Å². The van der Waals surface area contributed by atoms with Crippen molar-refractivity contribution in [2.75, 3.05) is 13.2 Å². The molecule has 1 heterocycles. The standard InChI is InChI=1S/C23H34O5/c1-14(24)27-13-23(26)20-6-5-19-17-4-3-15-11-16(25)7-9-21(15,2)18(17)8-10-22(19,20)12-28-23/h3,16-20,25-26H,4-13H2,1-2H3. The Bertz CT molecular complexity index is 703. The SMILES string of the molecule is CC(=O)OCC1(O)OCC23CCC4C(CC=C5CC(O)CCC54C)C2CCC13. The molecule has 4 aliphatic carbocycles. The van der Waals surface area contributed by atoms with Gasteiger partial charge in [-0.25, -0.2) is 0 Å². The molecular formula is C23H34O5. The largest absolute Gasteiger partial charge is 0.460 e. The second kappa shape index (κ2) is 6.29. The van der Waals surface area contributed by atoms with Gasteiger partial charge in [-0.05, 0) is 74.5 Å². The fraction of sp³-hybridized carbons (Fsp3) is 0.870. The van der Waals surface area contributed by atoms with E-state index in [4.69, 9.17) is 9.47 Å². The van der Waals surface area contributed by atoms with Gasteiger partial charge in [0.05, 0.1) is 12.7 Å². The van der Waals surface area contributed by atoms with Gasteiger partial charge in [-0.1, -0.05) is 18.6 Å². The summed E-state index contributed by atoms with van der Waals surface area (Å²) >= 11 is 0. The van der Waals surface area contributed by atoms with Crippen LogP contribution in [0, 0.1) is 34.5 Å². The fourth-order valence-corrected chi connectivity index (χ4v) is 8.11. The average Bonchev–Trinajstić information content (AvgIpc) is 3.17. The zero-order valence-corrected chi connectivity index (χ0v) is 17.2. The first-order valence-electron chi connectivity index (χ1n) is 11.2. The number of aliphatic hydroxyl groups excluding tert-OH is 1. The van der Waals surface area contributed by atoms with Crippen LogP contribution in [0.15, 0.2) is 11.6 Å². The average molecular weight is 391 g/mol. The minimum atomic E-state index is -1.32. The number of fused-ring (bicyclic) bond motifs is 4. The predicted molar refractivity (Wildman–Crippen MR) is 103 cm³/mol. The molecule has 4 fully saturated rings.